The first-order valence-electron chi connectivity index (χ1n) is 7.55. The second-order valence-corrected chi connectivity index (χ2v) is 6.07. The molecule has 2 rings (SSSR count). The summed E-state index contributed by atoms with van der Waals surface area (Å²) in [6, 6.07) is 7.89. The standard InChI is InChI=1S/C17H21N3O2S/c1-10-6-4-5-7-13(10)11(2)18-15(21)9-8-14-12(3)19-17(23)20-16(14)22/h4-7,11H,8-9H2,1-3H3,(H,18,21)(H2,19,20,22,23). The van der Waals surface area contributed by atoms with Crippen molar-refractivity contribution in [2.24, 2.45) is 0 Å². The number of benzene rings is 1. The normalized spacial score (nSPS) is 12.0. The van der Waals surface area contributed by atoms with Gasteiger partial charge in [-0.25, -0.2) is 0 Å². The van der Waals surface area contributed by atoms with E-state index in [4.69, 9.17) is 12.2 Å². The van der Waals surface area contributed by atoms with Gasteiger partial charge in [-0.15, -0.1) is 0 Å². The van der Waals surface area contributed by atoms with Gasteiger partial charge in [0.2, 0.25) is 5.91 Å². The molecule has 0 spiro atoms. The molecule has 1 atom stereocenters. The molecule has 0 aliphatic rings. The number of rotatable bonds is 5. The summed E-state index contributed by atoms with van der Waals surface area (Å²) in [5, 5.41) is 2.98. The molecular formula is C17H21N3O2S. The number of hydrogen-bond donors (Lipinski definition) is 3. The molecule has 0 saturated carbocycles. The zero-order chi connectivity index (χ0) is 17.0. The molecule has 3 N–H and O–H groups in total. The topological polar surface area (TPSA) is 77.8 Å². The Morgan fingerprint density at radius 3 is 2.61 bits per heavy atom. The highest BCUT2D eigenvalue weighted by Gasteiger charge is 2.13. The Kier molecular flexibility index (Phi) is 5.50. The largest absolute Gasteiger partial charge is 0.350 e. The Morgan fingerprint density at radius 1 is 1.26 bits per heavy atom. The van der Waals surface area contributed by atoms with Crippen molar-refractivity contribution in [3.05, 3.63) is 61.8 Å². The number of H-pyrrole nitrogens is 2. The van der Waals surface area contributed by atoms with Crippen LogP contribution in [0.3, 0.4) is 0 Å². The zero-order valence-corrected chi connectivity index (χ0v) is 14.3. The molecule has 122 valence electrons. The number of aryl methyl sites for hydroxylation is 2. The minimum absolute atomic E-state index is 0.0651. The molecule has 0 bridgehead atoms. The van der Waals surface area contributed by atoms with Crippen molar-refractivity contribution < 1.29 is 4.79 Å². The van der Waals surface area contributed by atoms with E-state index in [0.717, 1.165) is 11.1 Å². The molecule has 0 saturated heterocycles. The highest BCUT2D eigenvalue weighted by molar-refractivity contribution is 7.71. The summed E-state index contributed by atoms with van der Waals surface area (Å²) >= 11 is 4.92. The van der Waals surface area contributed by atoms with Crippen LogP contribution in [0.15, 0.2) is 29.1 Å². The van der Waals surface area contributed by atoms with E-state index in [1.54, 1.807) is 6.92 Å². The van der Waals surface area contributed by atoms with Gasteiger partial charge in [0.05, 0.1) is 6.04 Å². The molecule has 5 nitrogen and oxygen atoms in total. The maximum absolute atomic E-state index is 12.1. The Morgan fingerprint density at radius 2 is 1.96 bits per heavy atom. The summed E-state index contributed by atoms with van der Waals surface area (Å²) in [5.74, 6) is -0.0815. The van der Waals surface area contributed by atoms with E-state index in [-0.39, 0.29) is 23.9 Å². The number of amides is 1. The monoisotopic (exact) mass is 331 g/mol. The summed E-state index contributed by atoms with van der Waals surface area (Å²) in [6.07, 6.45) is 0.629. The van der Waals surface area contributed by atoms with Crippen molar-refractivity contribution in [3.63, 3.8) is 0 Å². The molecule has 6 heteroatoms. The van der Waals surface area contributed by atoms with Crippen LogP contribution in [0.1, 0.15) is 41.8 Å². The van der Waals surface area contributed by atoms with Crippen molar-refractivity contribution >= 4 is 18.1 Å². The Balaban J connectivity index is 2.00. The van der Waals surface area contributed by atoms with Crippen molar-refractivity contribution in [3.8, 4) is 0 Å². The summed E-state index contributed by atoms with van der Waals surface area (Å²) in [4.78, 5) is 29.5. The van der Waals surface area contributed by atoms with Crippen molar-refractivity contribution in [2.45, 2.75) is 39.7 Å². The average molecular weight is 331 g/mol. The third kappa shape index (κ3) is 4.39. The van der Waals surface area contributed by atoms with Gasteiger partial charge < -0.3 is 10.3 Å². The molecule has 2 aromatic rings. The van der Waals surface area contributed by atoms with Crippen LogP contribution >= 0.6 is 12.2 Å². The Labute approximate surface area is 140 Å². The van der Waals surface area contributed by atoms with E-state index >= 15 is 0 Å². The number of carbonyl (C=O) groups excluding carboxylic acids is 1. The number of nitrogens with one attached hydrogen (secondary N) is 3. The summed E-state index contributed by atoms with van der Waals surface area (Å²) in [7, 11) is 0. The first kappa shape index (κ1) is 17.1. The minimum Gasteiger partial charge on any atom is -0.350 e. The highest BCUT2D eigenvalue weighted by atomic mass is 32.1. The van der Waals surface area contributed by atoms with Crippen molar-refractivity contribution in [1.82, 2.24) is 15.3 Å². The fraction of sp³-hybridized carbons (Fsp3) is 0.353. The van der Waals surface area contributed by atoms with Crippen molar-refractivity contribution in [1.29, 1.82) is 0 Å². The van der Waals surface area contributed by atoms with Gasteiger partial charge in [0, 0.05) is 17.7 Å². The van der Waals surface area contributed by atoms with Crippen LogP contribution in [-0.2, 0) is 11.2 Å². The lowest BCUT2D eigenvalue weighted by Crippen LogP contribution is -2.28. The molecular weight excluding hydrogens is 310 g/mol. The van der Waals surface area contributed by atoms with Gasteiger partial charge in [-0.05, 0) is 50.5 Å². The van der Waals surface area contributed by atoms with Gasteiger partial charge in [0.25, 0.3) is 5.56 Å². The minimum atomic E-state index is -0.231. The van der Waals surface area contributed by atoms with Gasteiger partial charge in [0.1, 0.15) is 0 Å². The molecule has 0 radical (unpaired) electrons. The third-order valence-corrected chi connectivity index (χ3v) is 4.09. The molecule has 0 aliphatic carbocycles. The zero-order valence-electron chi connectivity index (χ0n) is 13.5. The fourth-order valence-electron chi connectivity index (χ4n) is 2.63. The van der Waals surface area contributed by atoms with E-state index in [0.29, 0.717) is 22.4 Å². The van der Waals surface area contributed by atoms with Crippen LogP contribution in [-0.4, -0.2) is 15.9 Å². The van der Waals surface area contributed by atoms with E-state index in [1.807, 2.05) is 38.1 Å². The number of carbonyl (C=O) groups is 1. The van der Waals surface area contributed by atoms with Crippen LogP contribution in [0.5, 0.6) is 0 Å². The lowest BCUT2D eigenvalue weighted by atomic mass is 10.0. The van der Waals surface area contributed by atoms with Crippen LogP contribution < -0.4 is 10.9 Å². The van der Waals surface area contributed by atoms with Gasteiger partial charge in [-0.2, -0.15) is 0 Å². The molecule has 1 aromatic heterocycles. The fourth-order valence-corrected chi connectivity index (χ4v) is 2.88. The van der Waals surface area contributed by atoms with Crippen molar-refractivity contribution in [2.75, 3.05) is 0 Å². The Hall–Kier alpha value is -2.21. The van der Waals surface area contributed by atoms with Gasteiger partial charge >= 0.3 is 0 Å². The lowest BCUT2D eigenvalue weighted by Gasteiger charge is -2.16. The highest BCUT2D eigenvalue weighted by Crippen LogP contribution is 2.16. The van der Waals surface area contributed by atoms with Crippen LogP contribution in [0.2, 0.25) is 0 Å². The van der Waals surface area contributed by atoms with Crippen LogP contribution in [0.4, 0.5) is 0 Å². The predicted molar refractivity (Wildman–Crippen MR) is 93.0 cm³/mol. The first-order chi connectivity index (χ1) is 10.9. The van der Waals surface area contributed by atoms with E-state index < -0.39 is 0 Å². The van der Waals surface area contributed by atoms with Gasteiger partial charge in [-0.3, -0.25) is 14.6 Å². The second-order valence-electron chi connectivity index (χ2n) is 5.66. The smallest absolute Gasteiger partial charge is 0.255 e. The second kappa shape index (κ2) is 7.37. The molecule has 1 unspecified atom stereocenters. The number of aromatic nitrogens is 2. The molecule has 1 aromatic carbocycles. The van der Waals surface area contributed by atoms with E-state index in [1.165, 1.54) is 0 Å². The quantitative estimate of drug-likeness (QED) is 0.737. The maximum atomic E-state index is 12.1. The summed E-state index contributed by atoms with van der Waals surface area (Å²) in [5.41, 5.74) is 3.28. The lowest BCUT2D eigenvalue weighted by molar-refractivity contribution is -0.121. The van der Waals surface area contributed by atoms with Gasteiger partial charge in [0.15, 0.2) is 4.77 Å². The summed E-state index contributed by atoms with van der Waals surface area (Å²) < 4.78 is 0.300. The SMILES string of the molecule is Cc1ccccc1C(C)NC(=O)CCc1c(C)[nH]c(=S)[nH]c1=O. The van der Waals surface area contributed by atoms with Crippen LogP contribution in [0, 0.1) is 18.6 Å². The average Bonchev–Trinajstić information content (AvgIpc) is 2.46. The van der Waals surface area contributed by atoms with E-state index in [9.17, 15) is 9.59 Å². The van der Waals surface area contributed by atoms with Crippen LogP contribution in [0.25, 0.3) is 0 Å². The summed E-state index contributed by atoms with van der Waals surface area (Å²) in [6.45, 7) is 5.76. The Bertz CT molecular complexity index is 823. The first-order valence-corrected chi connectivity index (χ1v) is 7.96. The molecule has 1 heterocycles. The predicted octanol–water partition coefficient (Wildman–Crippen LogP) is 2.86. The third-order valence-electron chi connectivity index (χ3n) is 3.89. The number of aromatic amines is 2. The molecule has 23 heavy (non-hydrogen) atoms. The van der Waals surface area contributed by atoms with E-state index in [2.05, 4.69) is 15.3 Å². The maximum Gasteiger partial charge on any atom is 0.255 e. The molecule has 1 amide bonds. The van der Waals surface area contributed by atoms with Gasteiger partial charge in [-0.1, -0.05) is 24.3 Å². The molecule has 0 aliphatic heterocycles. The molecule has 0 fully saturated rings. The number of hydrogen-bond acceptors (Lipinski definition) is 3.